The molecule has 1 N–H and O–H groups in total. The fraction of sp³-hybridized carbons (Fsp3) is 0.143. The lowest BCUT2D eigenvalue weighted by Crippen LogP contribution is -2.01. The first-order chi connectivity index (χ1) is 7.75. The van der Waals surface area contributed by atoms with Crippen LogP contribution in [0.2, 0.25) is 0 Å². The summed E-state index contributed by atoms with van der Waals surface area (Å²) in [5.41, 5.74) is 3.14. The van der Waals surface area contributed by atoms with E-state index in [0.29, 0.717) is 6.54 Å². The van der Waals surface area contributed by atoms with Crippen LogP contribution in [-0.2, 0) is 6.54 Å². The van der Waals surface area contributed by atoms with Gasteiger partial charge in [0.15, 0.2) is 0 Å². The number of rotatable bonds is 3. The highest BCUT2D eigenvalue weighted by Gasteiger charge is 2.00. The highest BCUT2D eigenvalue weighted by molar-refractivity contribution is 5.43. The second kappa shape index (κ2) is 4.79. The number of hydrogen-bond acceptors (Lipinski definition) is 1. The molecule has 0 aliphatic heterocycles. The van der Waals surface area contributed by atoms with Gasteiger partial charge in [0.1, 0.15) is 5.82 Å². The number of para-hydroxylation sites is 1. The van der Waals surface area contributed by atoms with Gasteiger partial charge in [0, 0.05) is 12.2 Å². The fourth-order valence-corrected chi connectivity index (χ4v) is 1.58. The standard InChI is InChI=1S/C14H14FN/c1-11-7-8-13(15)9-12(11)10-16-14-5-3-2-4-6-14/h2-9,16H,10H2,1H3. The predicted octanol–water partition coefficient (Wildman–Crippen LogP) is 3.75. The Labute approximate surface area is 94.9 Å². The molecule has 0 radical (unpaired) electrons. The van der Waals surface area contributed by atoms with Crippen LogP contribution in [0.1, 0.15) is 11.1 Å². The van der Waals surface area contributed by atoms with Gasteiger partial charge in [-0.25, -0.2) is 4.39 Å². The van der Waals surface area contributed by atoms with Crippen molar-refractivity contribution in [1.29, 1.82) is 0 Å². The van der Waals surface area contributed by atoms with Crippen molar-refractivity contribution >= 4 is 5.69 Å². The zero-order valence-electron chi connectivity index (χ0n) is 9.20. The summed E-state index contributed by atoms with van der Waals surface area (Å²) < 4.78 is 13.0. The van der Waals surface area contributed by atoms with Crippen LogP contribution in [0.5, 0.6) is 0 Å². The SMILES string of the molecule is Cc1ccc(F)cc1CNc1ccccc1. The summed E-state index contributed by atoms with van der Waals surface area (Å²) in [6.45, 7) is 2.63. The molecule has 0 aromatic heterocycles. The molecule has 1 nitrogen and oxygen atoms in total. The molecule has 16 heavy (non-hydrogen) atoms. The minimum atomic E-state index is -0.185. The smallest absolute Gasteiger partial charge is 0.123 e. The number of hydrogen-bond donors (Lipinski definition) is 1. The van der Waals surface area contributed by atoms with Crippen LogP contribution in [0.3, 0.4) is 0 Å². The van der Waals surface area contributed by atoms with Crippen LogP contribution in [0.25, 0.3) is 0 Å². The van der Waals surface area contributed by atoms with E-state index in [1.54, 1.807) is 12.1 Å². The minimum absolute atomic E-state index is 0.185. The molecule has 0 fully saturated rings. The van der Waals surface area contributed by atoms with Gasteiger partial charge >= 0.3 is 0 Å². The third-order valence-corrected chi connectivity index (χ3v) is 2.57. The number of halogens is 1. The average Bonchev–Trinajstić information content (AvgIpc) is 2.32. The molecule has 2 rings (SSSR count). The molecular weight excluding hydrogens is 201 g/mol. The van der Waals surface area contributed by atoms with E-state index >= 15 is 0 Å². The van der Waals surface area contributed by atoms with Gasteiger partial charge in [-0.2, -0.15) is 0 Å². The van der Waals surface area contributed by atoms with Crippen LogP contribution in [0.4, 0.5) is 10.1 Å². The van der Waals surface area contributed by atoms with Crippen molar-refractivity contribution in [1.82, 2.24) is 0 Å². The van der Waals surface area contributed by atoms with Crippen LogP contribution in [-0.4, -0.2) is 0 Å². The number of anilines is 1. The Balaban J connectivity index is 2.08. The maximum Gasteiger partial charge on any atom is 0.123 e. The monoisotopic (exact) mass is 215 g/mol. The van der Waals surface area contributed by atoms with E-state index in [0.717, 1.165) is 16.8 Å². The maximum absolute atomic E-state index is 13.0. The van der Waals surface area contributed by atoms with Gasteiger partial charge in [-0.1, -0.05) is 24.3 Å². The van der Waals surface area contributed by atoms with Crippen molar-refractivity contribution in [3.8, 4) is 0 Å². The molecule has 82 valence electrons. The topological polar surface area (TPSA) is 12.0 Å². The highest BCUT2D eigenvalue weighted by Crippen LogP contribution is 2.13. The largest absolute Gasteiger partial charge is 0.381 e. The Hall–Kier alpha value is -1.83. The van der Waals surface area contributed by atoms with Crippen molar-refractivity contribution in [3.63, 3.8) is 0 Å². The molecule has 0 saturated carbocycles. The normalized spacial score (nSPS) is 10.1. The molecule has 0 heterocycles. The second-order valence-electron chi connectivity index (χ2n) is 3.79. The average molecular weight is 215 g/mol. The number of nitrogens with one attached hydrogen (secondary N) is 1. The molecule has 0 amide bonds. The molecule has 0 aliphatic rings. The Morgan fingerprint density at radius 3 is 2.56 bits per heavy atom. The lowest BCUT2D eigenvalue weighted by atomic mass is 10.1. The van der Waals surface area contributed by atoms with Gasteiger partial charge in [-0.05, 0) is 42.3 Å². The first-order valence-corrected chi connectivity index (χ1v) is 5.29. The first kappa shape index (κ1) is 10.7. The molecule has 2 heteroatoms. The van der Waals surface area contributed by atoms with E-state index in [2.05, 4.69) is 5.32 Å². The van der Waals surface area contributed by atoms with E-state index in [1.165, 1.54) is 6.07 Å². The highest BCUT2D eigenvalue weighted by atomic mass is 19.1. The summed E-state index contributed by atoms with van der Waals surface area (Å²) in [6, 6.07) is 14.8. The Bertz CT molecular complexity index is 465. The van der Waals surface area contributed by atoms with Crippen LogP contribution >= 0.6 is 0 Å². The van der Waals surface area contributed by atoms with Gasteiger partial charge in [0.25, 0.3) is 0 Å². The van der Waals surface area contributed by atoms with Crippen LogP contribution in [0, 0.1) is 12.7 Å². The molecule has 0 spiro atoms. The van der Waals surface area contributed by atoms with Crippen molar-refractivity contribution in [2.24, 2.45) is 0 Å². The Kier molecular flexibility index (Phi) is 3.20. The van der Waals surface area contributed by atoms with Crippen molar-refractivity contribution in [2.45, 2.75) is 13.5 Å². The van der Waals surface area contributed by atoms with Crippen LogP contribution < -0.4 is 5.32 Å². The Morgan fingerprint density at radius 2 is 1.81 bits per heavy atom. The summed E-state index contributed by atoms with van der Waals surface area (Å²) in [5, 5.41) is 3.26. The van der Waals surface area contributed by atoms with Crippen molar-refractivity contribution in [2.75, 3.05) is 5.32 Å². The number of aryl methyl sites for hydroxylation is 1. The summed E-state index contributed by atoms with van der Waals surface area (Å²) >= 11 is 0. The maximum atomic E-state index is 13.0. The van der Waals surface area contributed by atoms with Crippen molar-refractivity contribution in [3.05, 3.63) is 65.5 Å². The summed E-state index contributed by atoms with van der Waals surface area (Å²) in [4.78, 5) is 0. The summed E-state index contributed by atoms with van der Waals surface area (Å²) in [5.74, 6) is -0.185. The molecule has 0 unspecified atom stereocenters. The zero-order valence-corrected chi connectivity index (χ0v) is 9.20. The molecule has 2 aromatic rings. The summed E-state index contributed by atoms with van der Waals surface area (Å²) in [6.07, 6.45) is 0. The quantitative estimate of drug-likeness (QED) is 0.822. The molecular formula is C14H14FN. The van der Waals surface area contributed by atoms with Gasteiger partial charge in [-0.15, -0.1) is 0 Å². The second-order valence-corrected chi connectivity index (χ2v) is 3.79. The first-order valence-electron chi connectivity index (χ1n) is 5.29. The lowest BCUT2D eigenvalue weighted by molar-refractivity contribution is 0.625. The van der Waals surface area contributed by atoms with E-state index in [-0.39, 0.29) is 5.82 Å². The van der Waals surface area contributed by atoms with Gasteiger partial charge in [0.2, 0.25) is 0 Å². The van der Waals surface area contributed by atoms with E-state index in [1.807, 2.05) is 37.3 Å². The lowest BCUT2D eigenvalue weighted by Gasteiger charge is -2.08. The van der Waals surface area contributed by atoms with Gasteiger partial charge in [-0.3, -0.25) is 0 Å². The van der Waals surface area contributed by atoms with Gasteiger partial charge < -0.3 is 5.32 Å². The van der Waals surface area contributed by atoms with E-state index < -0.39 is 0 Å². The predicted molar refractivity (Wildman–Crippen MR) is 64.9 cm³/mol. The minimum Gasteiger partial charge on any atom is -0.381 e. The third-order valence-electron chi connectivity index (χ3n) is 2.57. The zero-order chi connectivity index (χ0) is 11.4. The van der Waals surface area contributed by atoms with Gasteiger partial charge in [0.05, 0.1) is 0 Å². The van der Waals surface area contributed by atoms with E-state index in [9.17, 15) is 4.39 Å². The number of benzene rings is 2. The molecule has 0 bridgehead atoms. The Morgan fingerprint density at radius 1 is 1.06 bits per heavy atom. The third kappa shape index (κ3) is 2.60. The molecule has 0 saturated heterocycles. The van der Waals surface area contributed by atoms with E-state index in [4.69, 9.17) is 0 Å². The fourth-order valence-electron chi connectivity index (χ4n) is 1.58. The van der Waals surface area contributed by atoms with Crippen molar-refractivity contribution < 1.29 is 4.39 Å². The molecule has 2 aromatic carbocycles. The molecule has 0 atom stereocenters. The van der Waals surface area contributed by atoms with Crippen LogP contribution in [0.15, 0.2) is 48.5 Å². The molecule has 0 aliphatic carbocycles. The summed E-state index contributed by atoms with van der Waals surface area (Å²) in [7, 11) is 0.